The minimum absolute atomic E-state index is 0.0498. The summed E-state index contributed by atoms with van der Waals surface area (Å²) in [4.78, 5) is 3.84. The Labute approximate surface area is 84.7 Å². The van der Waals surface area contributed by atoms with Gasteiger partial charge in [0, 0.05) is 16.8 Å². The van der Waals surface area contributed by atoms with Crippen LogP contribution >= 0.6 is 23.2 Å². The van der Waals surface area contributed by atoms with E-state index in [4.69, 9.17) is 23.2 Å². The molecule has 1 rings (SSSR count). The number of halogens is 4. The standard InChI is InChI=1S/C8H7Cl2F2N/c1-4-2-5(8(11)12)6(3-9)7(10)13-4/h2,8H,3H2,1H3. The maximum atomic E-state index is 12.4. The van der Waals surface area contributed by atoms with Gasteiger partial charge in [-0.3, -0.25) is 0 Å². The summed E-state index contributed by atoms with van der Waals surface area (Å²) in [7, 11) is 0. The van der Waals surface area contributed by atoms with Gasteiger partial charge >= 0.3 is 0 Å². The smallest absolute Gasteiger partial charge is 0.241 e. The van der Waals surface area contributed by atoms with Crippen LogP contribution in [0.15, 0.2) is 6.07 Å². The van der Waals surface area contributed by atoms with Crippen LogP contribution in [0.25, 0.3) is 0 Å². The maximum Gasteiger partial charge on any atom is 0.264 e. The first-order chi connectivity index (χ1) is 6.06. The summed E-state index contributed by atoms with van der Waals surface area (Å²) >= 11 is 11.1. The van der Waals surface area contributed by atoms with Crippen LogP contribution in [0.1, 0.15) is 23.2 Å². The first-order valence-corrected chi connectivity index (χ1v) is 4.47. The molecule has 0 radical (unpaired) electrons. The van der Waals surface area contributed by atoms with Crippen molar-refractivity contribution in [2.75, 3.05) is 0 Å². The van der Waals surface area contributed by atoms with E-state index in [1.54, 1.807) is 6.92 Å². The Morgan fingerprint density at radius 1 is 1.54 bits per heavy atom. The van der Waals surface area contributed by atoms with E-state index in [9.17, 15) is 8.78 Å². The van der Waals surface area contributed by atoms with Gasteiger partial charge in [-0.15, -0.1) is 11.6 Å². The molecular formula is C8H7Cl2F2N. The van der Waals surface area contributed by atoms with Crippen LogP contribution in [0.4, 0.5) is 8.78 Å². The molecule has 0 aromatic carbocycles. The second-order valence-electron chi connectivity index (χ2n) is 2.56. The van der Waals surface area contributed by atoms with E-state index < -0.39 is 6.43 Å². The molecule has 5 heteroatoms. The van der Waals surface area contributed by atoms with E-state index in [-0.39, 0.29) is 22.2 Å². The van der Waals surface area contributed by atoms with Crippen LogP contribution < -0.4 is 0 Å². The Balaban J connectivity index is 3.29. The molecule has 13 heavy (non-hydrogen) atoms. The summed E-state index contributed by atoms with van der Waals surface area (Å²) in [6.07, 6.45) is -2.56. The minimum Gasteiger partial charge on any atom is -0.241 e. The van der Waals surface area contributed by atoms with Gasteiger partial charge in [-0.2, -0.15) is 0 Å². The molecule has 0 aliphatic rings. The molecule has 1 heterocycles. The second kappa shape index (κ2) is 4.20. The first kappa shape index (κ1) is 10.7. The Morgan fingerprint density at radius 2 is 2.15 bits per heavy atom. The van der Waals surface area contributed by atoms with E-state index in [1.807, 2.05) is 0 Å². The van der Waals surface area contributed by atoms with Crippen molar-refractivity contribution in [3.63, 3.8) is 0 Å². The van der Waals surface area contributed by atoms with E-state index in [2.05, 4.69) is 4.98 Å². The fraction of sp³-hybridized carbons (Fsp3) is 0.375. The fourth-order valence-electron chi connectivity index (χ4n) is 1.01. The molecule has 0 amide bonds. The molecule has 0 aliphatic carbocycles. The molecule has 1 aromatic heterocycles. The van der Waals surface area contributed by atoms with Gasteiger partial charge in [0.2, 0.25) is 0 Å². The lowest BCUT2D eigenvalue weighted by Gasteiger charge is -2.08. The molecule has 1 aromatic rings. The van der Waals surface area contributed by atoms with Gasteiger partial charge in [-0.25, -0.2) is 13.8 Å². The van der Waals surface area contributed by atoms with Crippen LogP contribution in [0.2, 0.25) is 5.15 Å². The number of aryl methyl sites for hydroxylation is 1. The van der Waals surface area contributed by atoms with Crippen molar-refractivity contribution >= 4 is 23.2 Å². The van der Waals surface area contributed by atoms with E-state index in [1.165, 1.54) is 6.07 Å². The number of rotatable bonds is 2. The molecule has 0 bridgehead atoms. The topological polar surface area (TPSA) is 12.9 Å². The SMILES string of the molecule is Cc1cc(C(F)F)c(CCl)c(Cl)n1. The van der Waals surface area contributed by atoms with Crippen molar-refractivity contribution in [3.05, 3.63) is 28.0 Å². The van der Waals surface area contributed by atoms with Crippen molar-refractivity contribution in [3.8, 4) is 0 Å². The summed E-state index contributed by atoms with van der Waals surface area (Å²) < 4.78 is 24.9. The van der Waals surface area contributed by atoms with Gasteiger partial charge in [0.1, 0.15) is 5.15 Å². The van der Waals surface area contributed by atoms with Crippen LogP contribution in [0, 0.1) is 6.92 Å². The number of pyridine rings is 1. The van der Waals surface area contributed by atoms with Crippen LogP contribution in [0.5, 0.6) is 0 Å². The highest BCUT2D eigenvalue weighted by Crippen LogP contribution is 2.29. The quantitative estimate of drug-likeness (QED) is 0.553. The van der Waals surface area contributed by atoms with Crippen molar-refractivity contribution in [1.29, 1.82) is 0 Å². The molecular weight excluding hydrogens is 219 g/mol. The van der Waals surface area contributed by atoms with E-state index in [0.717, 1.165) is 0 Å². The Kier molecular flexibility index (Phi) is 3.45. The zero-order valence-electron chi connectivity index (χ0n) is 6.82. The number of hydrogen-bond donors (Lipinski definition) is 0. The molecule has 0 fully saturated rings. The van der Waals surface area contributed by atoms with Gasteiger partial charge in [-0.1, -0.05) is 11.6 Å². The number of hydrogen-bond acceptors (Lipinski definition) is 1. The Morgan fingerprint density at radius 3 is 2.62 bits per heavy atom. The lowest BCUT2D eigenvalue weighted by molar-refractivity contribution is 0.150. The summed E-state index contributed by atoms with van der Waals surface area (Å²) in [5, 5.41) is 0.0605. The Bertz CT molecular complexity index is 315. The number of aromatic nitrogens is 1. The summed E-state index contributed by atoms with van der Waals surface area (Å²) in [5.41, 5.74) is 0.547. The zero-order valence-corrected chi connectivity index (χ0v) is 8.33. The van der Waals surface area contributed by atoms with Crippen molar-refractivity contribution in [2.24, 2.45) is 0 Å². The van der Waals surface area contributed by atoms with Gasteiger partial charge in [-0.05, 0) is 13.0 Å². The predicted octanol–water partition coefficient (Wildman–Crippen LogP) is 3.72. The number of nitrogens with zero attached hydrogens (tertiary/aromatic N) is 1. The third-order valence-electron chi connectivity index (χ3n) is 1.61. The summed E-state index contributed by atoms with van der Waals surface area (Å²) in [5.74, 6) is -0.0498. The molecule has 72 valence electrons. The van der Waals surface area contributed by atoms with Gasteiger partial charge in [0.05, 0.1) is 5.88 Å². The van der Waals surface area contributed by atoms with Gasteiger partial charge in [0.25, 0.3) is 6.43 Å². The van der Waals surface area contributed by atoms with Crippen LogP contribution in [-0.4, -0.2) is 4.98 Å². The molecule has 0 saturated carbocycles. The lowest BCUT2D eigenvalue weighted by Crippen LogP contribution is -1.97. The maximum absolute atomic E-state index is 12.4. The third-order valence-corrected chi connectivity index (χ3v) is 2.19. The minimum atomic E-state index is -2.56. The van der Waals surface area contributed by atoms with Gasteiger partial charge in [0.15, 0.2) is 0 Å². The van der Waals surface area contributed by atoms with Gasteiger partial charge < -0.3 is 0 Å². The highest BCUT2D eigenvalue weighted by Gasteiger charge is 2.16. The van der Waals surface area contributed by atoms with Crippen molar-refractivity contribution in [1.82, 2.24) is 4.98 Å². The zero-order chi connectivity index (χ0) is 10.0. The van der Waals surface area contributed by atoms with E-state index in [0.29, 0.717) is 5.69 Å². The molecule has 0 unspecified atom stereocenters. The monoisotopic (exact) mass is 225 g/mol. The van der Waals surface area contributed by atoms with E-state index >= 15 is 0 Å². The predicted molar refractivity (Wildman–Crippen MR) is 48.5 cm³/mol. The molecule has 1 nitrogen and oxygen atoms in total. The highest BCUT2D eigenvalue weighted by molar-refractivity contribution is 6.31. The third kappa shape index (κ3) is 2.29. The Hall–Kier alpha value is -0.410. The second-order valence-corrected chi connectivity index (χ2v) is 3.18. The fourth-order valence-corrected chi connectivity index (χ4v) is 1.67. The molecule has 0 N–H and O–H groups in total. The molecule has 0 atom stereocenters. The van der Waals surface area contributed by atoms with Crippen molar-refractivity contribution in [2.45, 2.75) is 19.2 Å². The lowest BCUT2D eigenvalue weighted by atomic mass is 10.1. The van der Waals surface area contributed by atoms with Crippen LogP contribution in [-0.2, 0) is 5.88 Å². The van der Waals surface area contributed by atoms with Crippen molar-refractivity contribution < 1.29 is 8.78 Å². The molecule has 0 aliphatic heterocycles. The summed E-state index contributed by atoms with van der Waals surface area (Å²) in [6.45, 7) is 1.61. The van der Waals surface area contributed by atoms with Crippen LogP contribution in [0.3, 0.4) is 0 Å². The highest BCUT2D eigenvalue weighted by atomic mass is 35.5. The first-order valence-electron chi connectivity index (χ1n) is 3.56. The molecule has 0 saturated heterocycles. The largest absolute Gasteiger partial charge is 0.264 e. The average molecular weight is 226 g/mol. The average Bonchev–Trinajstić information content (AvgIpc) is 2.02. The normalized spacial score (nSPS) is 10.9. The number of alkyl halides is 3. The molecule has 0 spiro atoms. The summed E-state index contributed by atoms with van der Waals surface area (Å²) in [6, 6.07) is 1.30.